The fourth-order valence-corrected chi connectivity index (χ4v) is 2.15. The average Bonchev–Trinajstić information content (AvgIpc) is 2.36. The lowest BCUT2D eigenvalue weighted by Gasteiger charge is -2.23. The van der Waals surface area contributed by atoms with Gasteiger partial charge in [0, 0.05) is 24.9 Å². The number of rotatable bonds is 4. The van der Waals surface area contributed by atoms with Gasteiger partial charge in [-0.3, -0.25) is 4.79 Å². The van der Waals surface area contributed by atoms with E-state index in [0.717, 1.165) is 6.26 Å². The molecule has 0 bridgehead atoms. The molecule has 0 N–H and O–H groups in total. The molecule has 0 saturated carbocycles. The number of hydrogen-bond acceptors (Lipinski definition) is 4. The summed E-state index contributed by atoms with van der Waals surface area (Å²) in [5.74, 6) is -0.234. The highest BCUT2D eigenvalue weighted by molar-refractivity contribution is 7.90. The Morgan fingerprint density at radius 1 is 1.37 bits per heavy atom. The van der Waals surface area contributed by atoms with E-state index in [4.69, 9.17) is 5.26 Å². The molecule has 1 aromatic carbocycles. The summed E-state index contributed by atoms with van der Waals surface area (Å²) in [7, 11) is -1.64. The largest absolute Gasteiger partial charge is 0.338 e. The zero-order chi connectivity index (χ0) is 14.6. The van der Waals surface area contributed by atoms with E-state index < -0.39 is 9.84 Å². The first-order valence-corrected chi connectivity index (χ1v) is 7.60. The van der Waals surface area contributed by atoms with Crippen LogP contribution in [0.5, 0.6) is 0 Å². The van der Waals surface area contributed by atoms with Gasteiger partial charge in [-0.05, 0) is 31.2 Å². The van der Waals surface area contributed by atoms with Crippen LogP contribution >= 0.6 is 0 Å². The van der Waals surface area contributed by atoms with Crippen molar-refractivity contribution in [2.24, 2.45) is 0 Å². The highest BCUT2D eigenvalue weighted by atomic mass is 32.2. The molecule has 0 aromatic heterocycles. The van der Waals surface area contributed by atoms with Gasteiger partial charge in [-0.2, -0.15) is 5.26 Å². The third kappa shape index (κ3) is 3.80. The van der Waals surface area contributed by atoms with Crippen molar-refractivity contribution in [2.75, 3.05) is 13.3 Å². The van der Waals surface area contributed by atoms with Gasteiger partial charge < -0.3 is 4.90 Å². The molecule has 0 spiro atoms. The van der Waals surface area contributed by atoms with Crippen LogP contribution in [0.3, 0.4) is 0 Å². The van der Waals surface area contributed by atoms with Gasteiger partial charge in [-0.1, -0.05) is 0 Å². The summed E-state index contributed by atoms with van der Waals surface area (Å²) in [4.78, 5) is 13.7. The SMILES string of the molecule is CC(CC#N)N(C)C(=O)c1ccc(S(C)(=O)=O)cc1. The van der Waals surface area contributed by atoms with Crippen LogP contribution in [0.2, 0.25) is 0 Å². The van der Waals surface area contributed by atoms with Gasteiger partial charge in [-0.25, -0.2) is 8.42 Å². The molecule has 1 aromatic rings. The molecule has 0 fully saturated rings. The number of benzene rings is 1. The van der Waals surface area contributed by atoms with Crippen LogP contribution in [-0.2, 0) is 9.84 Å². The first kappa shape index (κ1) is 15.2. The van der Waals surface area contributed by atoms with Crippen LogP contribution in [0, 0.1) is 11.3 Å². The molecule has 6 heteroatoms. The van der Waals surface area contributed by atoms with Gasteiger partial charge in [0.1, 0.15) is 0 Å². The lowest BCUT2D eigenvalue weighted by atomic mass is 10.1. The number of hydrogen-bond donors (Lipinski definition) is 0. The van der Waals surface area contributed by atoms with E-state index in [9.17, 15) is 13.2 Å². The number of amides is 1. The van der Waals surface area contributed by atoms with Crippen LogP contribution in [0.1, 0.15) is 23.7 Å². The van der Waals surface area contributed by atoms with E-state index in [1.54, 1.807) is 14.0 Å². The summed E-state index contributed by atoms with van der Waals surface area (Å²) in [6.45, 7) is 1.78. The van der Waals surface area contributed by atoms with Crippen LogP contribution < -0.4 is 0 Å². The molecule has 0 aliphatic carbocycles. The van der Waals surface area contributed by atoms with Crippen molar-refractivity contribution in [1.82, 2.24) is 4.90 Å². The van der Waals surface area contributed by atoms with Crippen molar-refractivity contribution in [1.29, 1.82) is 5.26 Å². The summed E-state index contributed by atoms with van der Waals surface area (Å²) in [6.07, 6.45) is 1.37. The molecule has 0 saturated heterocycles. The van der Waals surface area contributed by atoms with Crippen LogP contribution in [0.15, 0.2) is 29.2 Å². The maximum atomic E-state index is 12.1. The van der Waals surface area contributed by atoms with Crippen LogP contribution in [-0.4, -0.2) is 38.6 Å². The van der Waals surface area contributed by atoms with Crippen LogP contribution in [0.4, 0.5) is 0 Å². The van der Waals surface area contributed by atoms with E-state index in [1.165, 1.54) is 29.2 Å². The molecule has 102 valence electrons. The monoisotopic (exact) mass is 280 g/mol. The molecule has 19 heavy (non-hydrogen) atoms. The van der Waals surface area contributed by atoms with Gasteiger partial charge in [-0.15, -0.1) is 0 Å². The van der Waals surface area contributed by atoms with E-state index in [0.29, 0.717) is 5.56 Å². The third-order valence-corrected chi connectivity index (χ3v) is 4.03. The fraction of sp³-hybridized carbons (Fsp3) is 0.385. The van der Waals surface area contributed by atoms with Crippen LogP contribution in [0.25, 0.3) is 0 Å². The molecule has 0 radical (unpaired) electrons. The minimum atomic E-state index is -3.26. The molecule has 1 unspecified atom stereocenters. The molecular weight excluding hydrogens is 264 g/mol. The summed E-state index contributed by atoms with van der Waals surface area (Å²) in [5.41, 5.74) is 0.402. The Labute approximate surface area is 113 Å². The summed E-state index contributed by atoms with van der Waals surface area (Å²) >= 11 is 0. The molecule has 1 rings (SSSR count). The standard InChI is InChI=1S/C13H16N2O3S/c1-10(8-9-14)15(2)13(16)11-4-6-12(7-5-11)19(3,17)18/h4-7,10H,8H2,1-3H3. The highest BCUT2D eigenvalue weighted by Gasteiger charge is 2.17. The predicted octanol–water partition coefficient (Wildman–Crippen LogP) is 1.46. The Morgan fingerprint density at radius 2 is 1.89 bits per heavy atom. The minimum Gasteiger partial charge on any atom is -0.338 e. The first-order valence-electron chi connectivity index (χ1n) is 5.71. The molecule has 1 amide bonds. The van der Waals surface area contributed by atoms with Crippen molar-refractivity contribution >= 4 is 15.7 Å². The quantitative estimate of drug-likeness (QED) is 0.836. The average molecular weight is 280 g/mol. The normalized spacial score (nSPS) is 12.5. The third-order valence-electron chi connectivity index (χ3n) is 2.90. The number of carbonyl (C=O) groups excluding carboxylic acids is 1. The minimum absolute atomic E-state index is 0.178. The second-order valence-corrected chi connectivity index (χ2v) is 6.44. The predicted molar refractivity (Wildman–Crippen MR) is 71.3 cm³/mol. The number of carbonyl (C=O) groups is 1. The lowest BCUT2D eigenvalue weighted by Crippen LogP contribution is -2.34. The fourth-order valence-electron chi connectivity index (χ4n) is 1.52. The van der Waals surface area contributed by atoms with E-state index in [-0.39, 0.29) is 23.3 Å². The van der Waals surface area contributed by atoms with Crippen molar-refractivity contribution in [3.8, 4) is 6.07 Å². The first-order chi connectivity index (χ1) is 8.77. The van der Waals surface area contributed by atoms with Gasteiger partial charge in [0.25, 0.3) is 5.91 Å². The Morgan fingerprint density at radius 3 is 2.32 bits per heavy atom. The zero-order valence-electron chi connectivity index (χ0n) is 11.1. The zero-order valence-corrected chi connectivity index (χ0v) is 11.9. The molecule has 0 aliphatic rings. The number of sulfone groups is 1. The molecule has 0 aliphatic heterocycles. The second-order valence-electron chi connectivity index (χ2n) is 4.42. The Kier molecular flexibility index (Phi) is 4.67. The number of nitrogens with zero attached hydrogens (tertiary/aromatic N) is 2. The summed E-state index contributed by atoms with van der Waals surface area (Å²) < 4.78 is 22.6. The smallest absolute Gasteiger partial charge is 0.253 e. The van der Waals surface area contributed by atoms with Crippen molar-refractivity contribution in [3.05, 3.63) is 29.8 Å². The van der Waals surface area contributed by atoms with Gasteiger partial charge >= 0.3 is 0 Å². The van der Waals surface area contributed by atoms with Crippen molar-refractivity contribution in [2.45, 2.75) is 24.3 Å². The maximum absolute atomic E-state index is 12.1. The molecule has 5 nitrogen and oxygen atoms in total. The van der Waals surface area contributed by atoms with Gasteiger partial charge in [0.2, 0.25) is 0 Å². The summed E-state index contributed by atoms with van der Waals surface area (Å²) in [5, 5.41) is 8.61. The summed E-state index contributed by atoms with van der Waals surface area (Å²) in [6, 6.07) is 7.60. The molecular formula is C13H16N2O3S. The highest BCUT2D eigenvalue weighted by Crippen LogP contribution is 2.13. The maximum Gasteiger partial charge on any atom is 0.253 e. The Balaban J connectivity index is 2.93. The lowest BCUT2D eigenvalue weighted by molar-refractivity contribution is 0.0746. The Hall–Kier alpha value is -1.87. The van der Waals surface area contributed by atoms with Crippen molar-refractivity contribution in [3.63, 3.8) is 0 Å². The van der Waals surface area contributed by atoms with E-state index in [1.807, 2.05) is 6.07 Å². The van der Waals surface area contributed by atoms with Crippen molar-refractivity contribution < 1.29 is 13.2 Å². The second kappa shape index (κ2) is 5.85. The van der Waals surface area contributed by atoms with Gasteiger partial charge in [0.05, 0.1) is 17.4 Å². The number of nitriles is 1. The van der Waals surface area contributed by atoms with E-state index >= 15 is 0 Å². The van der Waals surface area contributed by atoms with E-state index in [2.05, 4.69) is 0 Å². The molecule has 1 atom stereocenters. The topological polar surface area (TPSA) is 78.2 Å². The van der Waals surface area contributed by atoms with Gasteiger partial charge in [0.15, 0.2) is 9.84 Å². The molecule has 0 heterocycles. The Bertz CT molecular complexity index is 600.